The molecule has 2 N–H and O–H groups in total. The van der Waals surface area contributed by atoms with Crippen molar-refractivity contribution >= 4 is 56.5 Å². The van der Waals surface area contributed by atoms with Gasteiger partial charge in [0.15, 0.2) is 20.9 Å². The number of hydrogen-bond acceptors (Lipinski definition) is 11. The smallest absolute Gasteiger partial charge is 0.279 e. The van der Waals surface area contributed by atoms with Crippen molar-refractivity contribution < 1.29 is 18.5 Å². The summed E-state index contributed by atoms with van der Waals surface area (Å²) < 4.78 is 10.8. The van der Waals surface area contributed by atoms with Gasteiger partial charge in [-0.3, -0.25) is 14.9 Å². The van der Waals surface area contributed by atoms with Crippen LogP contribution in [0.25, 0.3) is 11.5 Å². The Labute approximate surface area is 169 Å². The Kier molecular flexibility index (Phi) is 5.45. The zero-order valence-corrected chi connectivity index (χ0v) is 16.3. The van der Waals surface area contributed by atoms with E-state index >= 15 is 0 Å². The molecule has 0 saturated heterocycles. The highest BCUT2D eigenvalue weighted by molar-refractivity contribution is 8.01. The highest BCUT2D eigenvalue weighted by Gasteiger charge is 2.17. The van der Waals surface area contributed by atoms with Gasteiger partial charge in [0, 0.05) is 17.6 Å². The maximum Gasteiger partial charge on any atom is 0.279 e. The summed E-state index contributed by atoms with van der Waals surface area (Å²) in [7, 11) is 0. The number of nitrogens with zero attached hydrogens (tertiary/aromatic N) is 4. The normalized spacial score (nSPS) is 10.7. The van der Waals surface area contributed by atoms with Gasteiger partial charge in [-0.05, 0) is 12.1 Å². The van der Waals surface area contributed by atoms with Gasteiger partial charge in [-0.1, -0.05) is 28.3 Å². The minimum Gasteiger partial charge on any atom is -0.461 e. The Morgan fingerprint density at radius 3 is 2.89 bits per heavy atom. The van der Waals surface area contributed by atoms with E-state index < -0.39 is 5.91 Å². The second kappa shape index (κ2) is 8.33. The SMILES string of the molecule is O=C(CSc1nnc(NC(=O)c2cc(-c3ccco3)on2)s1)Nc1nccs1. The minimum atomic E-state index is -0.490. The van der Waals surface area contributed by atoms with Crippen LogP contribution >= 0.6 is 34.4 Å². The first-order valence-corrected chi connectivity index (χ1v) is 10.3. The minimum absolute atomic E-state index is 0.0821. The van der Waals surface area contributed by atoms with Crippen molar-refractivity contribution in [2.45, 2.75) is 4.34 Å². The van der Waals surface area contributed by atoms with Crippen molar-refractivity contribution in [2.24, 2.45) is 0 Å². The van der Waals surface area contributed by atoms with Gasteiger partial charge in [0.2, 0.25) is 16.8 Å². The van der Waals surface area contributed by atoms with Gasteiger partial charge >= 0.3 is 0 Å². The average molecular weight is 434 g/mol. The van der Waals surface area contributed by atoms with Crippen LogP contribution in [0.2, 0.25) is 0 Å². The van der Waals surface area contributed by atoms with Crippen molar-refractivity contribution in [1.82, 2.24) is 20.3 Å². The Morgan fingerprint density at radius 1 is 1.18 bits per heavy atom. The van der Waals surface area contributed by atoms with E-state index in [1.165, 1.54) is 35.4 Å². The van der Waals surface area contributed by atoms with E-state index in [2.05, 4.69) is 31.0 Å². The van der Waals surface area contributed by atoms with E-state index in [9.17, 15) is 9.59 Å². The van der Waals surface area contributed by atoms with Crippen molar-refractivity contribution in [3.8, 4) is 11.5 Å². The number of rotatable bonds is 7. The van der Waals surface area contributed by atoms with Crippen LogP contribution in [0.1, 0.15) is 10.5 Å². The molecule has 28 heavy (non-hydrogen) atoms. The van der Waals surface area contributed by atoms with E-state index in [0.29, 0.717) is 21.0 Å². The third-order valence-electron chi connectivity index (χ3n) is 3.14. The molecule has 0 fully saturated rings. The Bertz CT molecular complexity index is 1070. The fourth-order valence-corrected chi connectivity index (χ4v) is 4.06. The van der Waals surface area contributed by atoms with Crippen LogP contribution in [-0.4, -0.2) is 37.9 Å². The molecule has 10 nitrogen and oxygen atoms in total. The van der Waals surface area contributed by atoms with Gasteiger partial charge in [0.1, 0.15) is 0 Å². The zero-order valence-electron chi connectivity index (χ0n) is 13.8. The maximum absolute atomic E-state index is 12.2. The number of amides is 2. The molecule has 0 radical (unpaired) electrons. The number of carbonyl (C=O) groups is 2. The predicted molar refractivity (Wildman–Crippen MR) is 104 cm³/mol. The summed E-state index contributed by atoms with van der Waals surface area (Å²) in [5.74, 6) is 0.273. The van der Waals surface area contributed by atoms with E-state index in [4.69, 9.17) is 8.94 Å². The van der Waals surface area contributed by atoms with Gasteiger partial charge in [-0.25, -0.2) is 4.98 Å². The second-order valence-electron chi connectivity index (χ2n) is 5.06. The van der Waals surface area contributed by atoms with Crippen molar-refractivity contribution in [3.63, 3.8) is 0 Å². The summed E-state index contributed by atoms with van der Waals surface area (Å²) >= 11 is 3.70. The van der Waals surface area contributed by atoms with Crippen LogP contribution in [0.3, 0.4) is 0 Å². The highest BCUT2D eigenvalue weighted by Crippen LogP contribution is 2.26. The van der Waals surface area contributed by atoms with E-state index in [-0.39, 0.29) is 22.5 Å². The molecule has 0 aliphatic heterocycles. The molecular formula is C15H10N6O4S3. The Hall–Kier alpha value is -3.03. The Balaban J connectivity index is 1.30. The molecule has 0 saturated carbocycles. The molecule has 0 aromatic carbocycles. The summed E-state index contributed by atoms with van der Waals surface area (Å²) in [6.07, 6.45) is 3.11. The lowest BCUT2D eigenvalue weighted by atomic mass is 10.3. The average Bonchev–Trinajstić information content (AvgIpc) is 3.47. The first-order valence-electron chi connectivity index (χ1n) is 7.65. The number of anilines is 2. The molecule has 4 aromatic heterocycles. The topological polar surface area (TPSA) is 136 Å². The number of nitrogens with one attached hydrogen (secondary N) is 2. The van der Waals surface area contributed by atoms with Crippen LogP contribution in [0, 0.1) is 0 Å². The lowest BCUT2D eigenvalue weighted by Gasteiger charge is -1.98. The third kappa shape index (κ3) is 4.44. The molecule has 4 heterocycles. The first kappa shape index (κ1) is 18.3. The quantitative estimate of drug-likeness (QED) is 0.332. The predicted octanol–water partition coefficient (Wildman–Crippen LogP) is 3.23. The molecule has 13 heteroatoms. The van der Waals surface area contributed by atoms with Gasteiger partial charge in [-0.2, -0.15) is 0 Å². The number of furan rings is 1. The number of thioether (sulfide) groups is 1. The van der Waals surface area contributed by atoms with Crippen LogP contribution < -0.4 is 10.6 Å². The van der Waals surface area contributed by atoms with Gasteiger partial charge in [0.25, 0.3) is 5.91 Å². The van der Waals surface area contributed by atoms with Crippen molar-refractivity contribution in [1.29, 1.82) is 0 Å². The van der Waals surface area contributed by atoms with Crippen LogP contribution in [0.5, 0.6) is 0 Å². The number of carbonyl (C=O) groups excluding carboxylic acids is 2. The summed E-state index contributed by atoms with van der Waals surface area (Å²) in [5.41, 5.74) is 0.0821. The highest BCUT2D eigenvalue weighted by atomic mass is 32.2. The summed E-state index contributed by atoms with van der Waals surface area (Å²) in [6, 6.07) is 4.87. The monoisotopic (exact) mass is 434 g/mol. The molecule has 0 atom stereocenters. The molecule has 4 aromatic rings. The zero-order chi connectivity index (χ0) is 19.3. The lowest BCUT2D eigenvalue weighted by Crippen LogP contribution is -2.13. The maximum atomic E-state index is 12.2. The van der Waals surface area contributed by atoms with Crippen LogP contribution in [0.4, 0.5) is 10.3 Å². The summed E-state index contributed by atoms with van der Waals surface area (Å²) in [4.78, 5) is 28.1. The molecule has 0 aliphatic carbocycles. The lowest BCUT2D eigenvalue weighted by molar-refractivity contribution is -0.113. The standard InChI is InChI=1S/C15H10N6O4S3/c22-11(17-13-16-3-5-26-13)7-27-15-20-19-14(28-15)18-12(23)8-6-10(25-21-8)9-2-1-4-24-9/h1-6H,7H2,(H,16,17,22)(H,18,19,23). The second-order valence-corrected chi connectivity index (χ2v) is 8.15. The molecule has 2 amide bonds. The van der Waals surface area contributed by atoms with Crippen LogP contribution in [0.15, 0.2) is 49.3 Å². The van der Waals surface area contributed by atoms with E-state index in [1.54, 1.807) is 23.7 Å². The molecule has 0 bridgehead atoms. The molecule has 0 aliphatic rings. The molecule has 0 spiro atoms. The summed E-state index contributed by atoms with van der Waals surface area (Å²) in [5, 5.41) is 19.4. The Morgan fingerprint density at radius 2 is 2.11 bits per heavy atom. The van der Waals surface area contributed by atoms with Crippen LogP contribution in [-0.2, 0) is 4.79 Å². The molecule has 142 valence electrons. The van der Waals surface area contributed by atoms with E-state index in [1.807, 2.05) is 0 Å². The first-order chi connectivity index (χ1) is 13.7. The largest absolute Gasteiger partial charge is 0.461 e. The number of aromatic nitrogens is 4. The summed E-state index contributed by atoms with van der Waals surface area (Å²) in [6.45, 7) is 0. The molecule has 4 rings (SSSR count). The number of hydrogen-bond donors (Lipinski definition) is 2. The van der Waals surface area contributed by atoms with Crippen molar-refractivity contribution in [3.05, 3.63) is 41.7 Å². The van der Waals surface area contributed by atoms with E-state index in [0.717, 1.165) is 11.3 Å². The van der Waals surface area contributed by atoms with Crippen molar-refractivity contribution in [2.75, 3.05) is 16.4 Å². The van der Waals surface area contributed by atoms with Gasteiger partial charge in [0.05, 0.1) is 12.0 Å². The molecular weight excluding hydrogens is 424 g/mol. The third-order valence-corrected chi connectivity index (χ3v) is 5.80. The van der Waals surface area contributed by atoms with Gasteiger partial charge in [-0.15, -0.1) is 21.5 Å². The fraction of sp³-hybridized carbons (Fsp3) is 0.0667. The number of thiazole rings is 1. The molecule has 0 unspecified atom stereocenters. The fourth-order valence-electron chi connectivity index (χ4n) is 1.96. The van der Waals surface area contributed by atoms with Gasteiger partial charge < -0.3 is 14.3 Å².